The van der Waals surface area contributed by atoms with Gasteiger partial charge in [0.05, 0.1) is 25.3 Å². The minimum atomic E-state index is -0.0486. The molecule has 0 atom stereocenters. The lowest BCUT2D eigenvalue weighted by molar-refractivity contribution is -0.115. The van der Waals surface area contributed by atoms with Gasteiger partial charge in [-0.1, -0.05) is 29.8 Å². The molecule has 1 fully saturated rings. The summed E-state index contributed by atoms with van der Waals surface area (Å²) in [5.41, 5.74) is 4.71. The molecule has 1 N–H and O–H groups in total. The smallest absolute Gasteiger partial charge is 0.228 e. The number of morpholine rings is 1. The Hall–Kier alpha value is -3.16. The molecule has 0 saturated carbocycles. The van der Waals surface area contributed by atoms with Crippen LogP contribution in [0.4, 0.5) is 5.69 Å². The van der Waals surface area contributed by atoms with E-state index < -0.39 is 0 Å². The van der Waals surface area contributed by atoms with Crippen LogP contribution in [0.5, 0.6) is 5.75 Å². The maximum Gasteiger partial charge on any atom is 0.228 e. The molecule has 7 heteroatoms. The molecule has 1 amide bonds. The van der Waals surface area contributed by atoms with Crippen LogP contribution in [-0.2, 0) is 23.0 Å². The Morgan fingerprint density at radius 2 is 2.00 bits per heavy atom. The van der Waals surface area contributed by atoms with Gasteiger partial charge < -0.3 is 14.8 Å². The first kappa shape index (κ1) is 22.0. The molecule has 1 aromatic heterocycles. The highest BCUT2D eigenvalue weighted by molar-refractivity contribution is 5.93. The number of nitrogens with one attached hydrogen (secondary N) is 1. The molecule has 4 rings (SSSR count). The van der Waals surface area contributed by atoms with Crippen molar-refractivity contribution < 1.29 is 14.3 Å². The SMILES string of the molecule is Cc1cccc(CC(=O)Nc2ccc(OCCN3CCOCC3)c(-c3ccnn3C)c2)c1. The largest absolute Gasteiger partial charge is 0.492 e. The summed E-state index contributed by atoms with van der Waals surface area (Å²) in [6.45, 7) is 6.88. The molecule has 32 heavy (non-hydrogen) atoms. The molecule has 0 bridgehead atoms. The molecule has 0 radical (unpaired) electrons. The molecule has 1 aliphatic rings. The first-order chi connectivity index (χ1) is 15.6. The Kier molecular flexibility index (Phi) is 7.19. The fraction of sp³-hybridized carbons (Fsp3) is 0.360. The van der Waals surface area contributed by atoms with E-state index >= 15 is 0 Å². The topological polar surface area (TPSA) is 68.6 Å². The predicted octanol–water partition coefficient (Wildman–Crippen LogP) is 3.29. The summed E-state index contributed by atoms with van der Waals surface area (Å²) in [6, 6.07) is 15.7. The van der Waals surface area contributed by atoms with E-state index in [0.717, 1.165) is 66.7 Å². The first-order valence-electron chi connectivity index (χ1n) is 11.0. The van der Waals surface area contributed by atoms with Crippen LogP contribution < -0.4 is 10.1 Å². The van der Waals surface area contributed by atoms with Crippen molar-refractivity contribution in [3.63, 3.8) is 0 Å². The molecular weight excluding hydrogens is 404 g/mol. The molecule has 2 heterocycles. The molecule has 0 spiro atoms. The van der Waals surface area contributed by atoms with E-state index in [1.807, 2.05) is 67.2 Å². The van der Waals surface area contributed by atoms with E-state index in [0.29, 0.717) is 13.0 Å². The third-order valence-electron chi connectivity index (χ3n) is 5.58. The van der Waals surface area contributed by atoms with E-state index in [4.69, 9.17) is 9.47 Å². The van der Waals surface area contributed by atoms with E-state index in [1.165, 1.54) is 0 Å². The molecule has 7 nitrogen and oxygen atoms in total. The number of aryl methyl sites for hydroxylation is 2. The maximum atomic E-state index is 12.6. The summed E-state index contributed by atoms with van der Waals surface area (Å²) in [5, 5.41) is 7.31. The van der Waals surface area contributed by atoms with Crippen molar-refractivity contribution in [2.45, 2.75) is 13.3 Å². The van der Waals surface area contributed by atoms with Crippen molar-refractivity contribution in [3.05, 3.63) is 65.9 Å². The predicted molar refractivity (Wildman–Crippen MR) is 125 cm³/mol. The third-order valence-corrected chi connectivity index (χ3v) is 5.58. The molecule has 1 saturated heterocycles. The lowest BCUT2D eigenvalue weighted by Gasteiger charge is -2.26. The second-order valence-electron chi connectivity index (χ2n) is 8.07. The Morgan fingerprint density at radius 1 is 1.16 bits per heavy atom. The van der Waals surface area contributed by atoms with Gasteiger partial charge in [0.2, 0.25) is 5.91 Å². The lowest BCUT2D eigenvalue weighted by atomic mass is 10.1. The Balaban J connectivity index is 1.46. The molecule has 2 aromatic carbocycles. The van der Waals surface area contributed by atoms with Gasteiger partial charge >= 0.3 is 0 Å². The van der Waals surface area contributed by atoms with Gasteiger partial charge in [-0.2, -0.15) is 5.10 Å². The van der Waals surface area contributed by atoms with Gasteiger partial charge in [0.15, 0.2) is 0 Å². The Morgan fingerprint density at radius 3 is 2.75 bits per heavy atom. The quantitative estimate of drug-likeness (QED) is 0.589. The van der Waals surface area contributed by atoms with Crippen LogP contribution >= 0.6 is 0 Å². The fourth-order valence-electron chi connectivity index (χ4n) is 3.89. The van der Waals surface area contributed by atoms with E-state index in [1.54, 1.807) is 6.20 Å². The Bertz CT molecular complexity index is 1060. The van der Waals surface area contributed by atoms with Crippen molar-refractivity contribution in [2.24, 2.45) is 7.05 Å². The van der Waals surface area contributed by atoms with Gasteiger partial charge in [0.25, 0.3) is 0 Å². The summed E-state index contributed by atoms with van der Waals surface area (Å²) >= 11 is 0. The number of benzene rings is 2. The maximum absolute atomic E-state index is 12.6. The number of hydrogen-bond donors (Lipinski definition) is 1. The summed E-state index contributed by atoms with van der Waals surface area (Å²) in [5.74, 6) is 0.728. The van der Waals surface area contributed by atoms with Crippen molar-refractivity contribution in [1.29, 1.82) is 0 Å². The van der Waals surface area contributed by atoms with E-state index in [-0.39, 0.29) is 5.91 Å². The van der Waals surface area contributed by atoms with Crippen LogP contribution in [0.2, 0.25) is 0 Å². The van der Waals surface area contributed by atoms with Crippen molar-refractivity contribution >= 4 is 11.6 Å². The lowest BCUT2D eigenvalue weighted by Crippen LogP contribution is -2.38. The first-order valence-corrected chi connectivity index (χ1v) is 11.0. The van der Waals surface area contributed by atoms with Crippen molar-refractivity contribution in [1.82, 2.24) is 14.7 Å². The number of carbonyl (C=O) groups is 1. The zero-order chi connectivity index (χ0) is 22.3. The zero-order valence-corrected chi connectivity index (χ0v) is 18.7. The van der Waals surface area contributed by atoms with Crippen LogP contribution in [0, 0.1) is 6.92 Å². The normalized spacial score (nSPS) is 14.3. The number of ether oxygens (including phenoxy) is 2. The van der Waals surface area contributed by atoms with Crippen LogP contribution in [0.3, 0.4) is 0 Å². The van der Waals surface area contributed by atoms with Crippen LogP contribution in [-0.4, -0.2) is 60.0 Å². The molecular formula is C25H30N4O3. The van der Waals surface area contributed by atoms with Crippen LogP contribution in [0.25, 0.3) is 11.3 Å². The monoisotopic (exact) mass is 434 g/mol. The highest BCUT2D eigenvalue weighted by atomic mass is 16.5. The van der Waals surface area contributed by atoms with Crippen LogP contribution in [0.1, 0.15) is 11.1 Å². The Labute approximate surface area is 188 Å². The number of nitrogens with zero attached hydrogens (tertiary/aromatic N) is 3. The highest BCUT2D eigenvalue weighted by Crippen LogP contribution is 2.32. The van der Waals surface area contributed by atoms with Gasteiger partial charge in [0, 0.05) is 44.1 Å². The molecule has 1 aliphatic heterocycles. The number of amides is 1. The van der Waals surface area contributed by atoms with Crippen LogP contribution in [0.15, 0.2) is 54.7 Å². The average molecular weight is 435 g/mol. The van der Waals surface area contributed by atoms with Gasteiger partial charge in [-0.05, 0) is 36.8 Å². The zero-order valence-electron chi connectivity index (χ0n) is 18.7. The standard InChI is InChI=1S/C25H30N4O3/c1-19-4-3-5-20(16-19)17-25(30)27-21-6-7-24(22(18-21)23-8-9-26-28(23)2)32-15-12-29-10-13-31-14-11-29/h3-9,16,18H,10-15,17H2,1-2H3,(H,27,30). The molecule has 168 valence electrons. The molecule has 0 aliphatic carbocycles. The summed E-state index contributed by atoms with van der Waals surface area (Å²) in [4.78, 5) is 15.0. The van der Waals surface area contributed by atoms with Gasteiger partial charge in [-0.25, -0.2) is 0 Å². The number of hydrogen-bond acceptors (Lipinski definition) is 5. The average Bonchev–Trinajstić information content (AvgIpc) is 3.21. The number of rotatable bonds is 8. The molecule has 0 unspecified atom stereocenters. The summed E-state index contributed by atoms with van der Waals surface area (Å²) in [6.07, 6.45) is 2.09. The van der Waals surface area contributed by atoms with E-state index in [9.17, 15) is 4.79 Å². The summed E-state index contributed by atoms with van der Waals surface area (Å²) in [7, 11) is 1.90. The minimum Gasteiger partial charge on any atom is -0.492 e. The fourth-order valence-corrected chi connectivity index (χ4v) is 3.89. The van der Waals surface area contributed by atoms with Gasteiger partial charge in [-0.3, -0.25) is 14.4 Å². The second kappa shape index (κ2) is 10.4. The number of anilines is 1. The van der Waals surface area contributed by atoms with Gasteiger partial charge in [0.1, 0.15) is 12.4 Å². The van der Waals surface area contributed by atoms with Gasteiger partial charge in [-0.15, -0.1) is 0 Å². The molecule has 3 aromatic rings. The summed E-state index contributed by atoms with van der Waals surface area (Å²) < 4.78 is 13.4. The van der Waals surface area contributed by atoms with E-state index in [2.05, 4.69) is 15.3 Å². The number of carbonyl (C=O) groups excluding carboxylic acids is 1. The highest BCUT2D eigenvalue weighted by Gasteiger charge is 2.14. The second-order valence-corrected chi connectivity index (χ2v) is 8.07. The minimum absolute atomic E-state index is 0.0486. The third kappa shape index (κ3) is 5.75. The van der Waals surface area contributed by atoms with Crippen molar-refractivity contribution in [3.8, 4) is 17.0 Å². The van der Waals surface area contributed by atoms with Crippen molar-refractivity contribution in [2.75, 3.05) is 44.8 Å². The number of aromatic nitrogens is 2.